The summed E-state index contributed by atoms with van der Waals surface area (Å²) in [6.07, 6.45) is 2.52. The third-order valence-corrected chi connectivity index (χ3v) is 5.47. The highest BCUT2D eigenvalue weighted by atomic mass is 35.5. The fraction of sp³-hybridized carbons (Fsp3) is 1.00. The molecule has 0 aromatic heterocycles. The van der Waals surface area contributed by atoms with Gasteiger partial charge in [-0.25, -0.2) is 12.7 Å². The number of hydrogen-bond acceptors (Lipinski definition) is 2. The molecule has 0 aromatic carbocycles. The van der Waals surface area contributed by atoms with Crippen LogP contribution in [0.1, 0.15) is 33.1 Å². The van der Waals surface area contributed by atoms with Gasteiger partial charge in [0.1, 0.15) is 0 Å². The summed E-state index contributed by atoms with van der Waals surface area (Å²) in [6, 6.07) is 0. The van der Waals surface area contributed by atoms with E-state index in [-0.39, 0.29) is 11.1 Å². The van der Waals surface area contributed by atoms with Gasteiger partial charge in [0, 0.05) is 18.5 Å². The average Bonchev–Trinajstić information content (AvgIpc) is 2.19. The highest BCUT2D eigenvalue weighted by molar-refractivity contribution is 7.89. The van der Waals surface area contributed by atoms with E-state index in [2.05, 4.69) is 6.92 Å². The molecule has 2 atom stereocenters. The van der Waals surface area contributed by atoms with Gasteiger partial charge in [0.15, 0.2) is 0 Å². The summed E-state index contributed by atoms with van der Waals surface area (Å²) in [6.45, 7) is 5.19. The van der Waals surface area contributed by atoms with E-state index >= 15 is 0 Å². The van der Waals surface area contributed by atoms with E-state index < -0.39 is 10.0 Å². The topological polar surface area (TPSA) is 37.4 Å². The standard InChI is InChI=1S/C10H20ClNO2S/c1-3-4-7-15(13,14)12-6-5-9(2)10(11)8-12/h9-10H,3-8H2,1-2H3. The van der Waals surface area contributed by atoms with Gasteiger partial charge in [-0.2, -0.15) is 0 Å². The predicted molar refractivity (Wildman–Crippen MR) is 63.7 cm³/mol. The molecule has 0 radical (unpaired) electrons. The summed E-state index contributed by atoms with van der Waals surface area (Å²) in [5.74, 6) is 0.686. The van der Waals surface area contributed by atoms with Gasteiger partial charge >= 0.3 is 0 Å². The van der Waals surface area contributed by atoms with Crippen LogP contribution in [0.5, 0.6) is 0 Å². The summed E-state index contributed by atoms with van der Waals surface area (Å²) in [5.41, 5.74) is 0. The molecule has 1 rings (SSSR count). The molecular weight excluding hydrogens is 234 g/mol. The molecule has 2 unspecified atom stereocenters. The summed E-state index contributed by atoms with van der Waals surface area (Å²) in [7, 11) is -3.05. The van der Waals surface area contributed by atoms with Gasteiger partial charge < -0.3 is 0 Å². The van der Waals surface area contributed by atoms with E-state index in [4.69, 9.17) is 11.6 Å². The molecule has 1 saturated heterocycles. The Bertz CT molecular complexity index is 292. The quantitative estimate of drug-likeness (QED) is 0.720. The molecule has 1 fully saturated rings. The first kappa shape index (κ1) is 13.3. The number of nitrogens with zero attached hydrogens (tertiary/aromatic N) is 1. The lowest BCUT2D eigenvalue weighted by atomic mass is 10.0. The van der Waals surface area contributed by atoms with E-state index in [0.717, 1.165) is 19.3 Å². The SMILES string of the molecule is CCCCS(=O)(=O)N1CCC(C)C(Cl)C1. The Morgan fingerprint density at radius 2 is 2.13 bits per heavy atom. The molecule has 1 aliphatic rings. The van der Waals surface area contributed by atoms with Crippen LogP contribution in [-0.2, 0) is 10.0 Å². The third-order valence-electron chi connectivity index (χ3n) is 2.98. The van der Waals surface area contributed by atoms with Crippen molar-refractivity contribution in [2.24, 2.45) is 5.92 Å². The number of hydrogen-bond donors (Lipinski definition) is 0. The Hall–Kier alpha value is 0.200. The largest absolute Gasteiger partial charge is 0.214 e. The Balaban J connectivity index is 2.57. The molecule has 0 amide bonds. The van der Waals surface area contributed by atoms with Crippen molar-refractivity contribution in [3.63, 3.8) is 0 Å². The van der Waals surface area contributed by atoms with Crippen LogP contribution in [0, 0.1) is 5.92 Å². The molecule has 0 bridgehead atoms. The number of halogens is 1. The zero-order valence-corrected chi connectivity index (χ0v) is 11.0. The number of rotatable bonds is 4. The van der Waals surface area contributed by atoms with E-state index in [0.29, 0.717) is 19.0 Å². The second kappa shape index (κ2) is 5.51. The van der Waals surface area contributed by atoms with E-state index in [1.165, 1.54) is 0 Å². The Morgan fingerprint density at radius 1 is 1.47 bits per heavy atom. The van der Waals surface area contributed by atoms with Crippen LogP contribution in [0.25, 0.3) is 0 Å². The second-order valence-corrected chi connectivity index (χ2v) is 6.96. The van der Waals surface area contributed by atoms with Crippen molar-refractivity contribution in [2.75, 3.05) is 18.8 Å². The Labute approximate surface area is 97.8 Å². The van der Waals surface area contributed by atoms with Crippen molar-refractivity contribution in [3.05, 3.63) is 0 Å². The monoisotopic (exact) mass is 253 g/mol. The molecule has 5 heteroatoms. The van der Waals surface area contributed by atoms with Crippen LogP contribution in [-0.4, -0.2) is 36.9 Å². The molecule has 1 aliphatic heterocycles. The molecule has 0 N–H and O–H groups in total. The van der Waals surface area contributed by atoms with Crippen LogP contribution in [0.4, 0.5) is 0 Å². The highest BCUT2D eigenvalue weighted by Crippen LogP contribution is 2.24. The van der Waals surface area contributed by atoms with Gasteiger partial charge in [-0.1, -0.05) is 20.3 Å². The molecule has 0 aromatic rings. The van der Waals surface area contributed by atoms with Crippen LogP contribution in [0.15, 0.2) is 0 Å². The predicted octanol–water partition coefficient (Wildman–Crippen LogP) is 2.07. The lowest BCUT2D eigenvalue weighted by Gasteiger charge is -2.33. The molecule has 90 valence electrons. The van der Waals surface area contributed by atoms with Gasteiger partial charge in [-0.05, 0) is 18.8 Å². The first-order valence-corrected chi connectivity index (χ1v) is 7.64. The van der Waals surface area contributed by atoms with Crippen LogP contribution < -0.4 is 0 Å². The van der Waals surface area contributed by atoms with Crippen LogP contribution >= 0.6 is 11.6 Å². The lowest BCUT2D eigenvalue weighted by Crippen LogP contribution is -2.44. The molecule has 3 nitrogen and oxygen atoms in total. The molecule has 1 heterocycles. The minimum atomic E-state index is -3.05. The second-order valence-electron chi connectivity index (χ2n) is 4.31. The lowest BCUT2D eigenvalue weighted by molar-refractivity contribution is 0.293. The first-order chi connectivity index (χ1) is 6.97. The summed E-state index contributed by atoms with van der Waals surface area (Å²) >= 11 is 6.10. The fourth-order valence-corrected chi connectivity index (χ4v) is 3.76. The molecule has 15 heavy (non-hydrogen) atoms. The maximum absolute atomic E-state index is 11.9. The van der Waals surface area contributed by atoms with Crippen molar-refractivity contribution >= 4 is 21.6 Å². The molecule has 0 spiro atoms. The van der Waals surface area contributed by atoms with Crippen molar-refractivity contribution < 1.29 is 8.42 Å². The third kappa shape index (κ3) is 3.61. The van der Waals surface area contributed by atoms with Crippen molar-refractivity contribution in [1.82, 2.24) is 4.31 Å². The van der Waals surface area contributed by atoms with Crippen molar-refractivity contribution in [2.45, 2.75) is 38.5 Å². The van der Waals surface area contributed by atoms with Gasteiger partial charge in [-0.3, -0.25) is 0 Å². The summed E-state index contributed by atoms with van der Waals surface area (Å²) < 4.78 is 25.3. The summed E-state index contributed by atoms with van der Waals surface area (Å²) in [5, 5.41) is -0.0323. The Kier molecular flexibility index (Phi) is 4.87. The number of sulfonamides is 1. The van der Waals surface area contributed by atoms with Crippen LogP contribution in [0.2, 0.25) is 0 Å². The minimum absolute atomic E-state index is 0.0323. The normalized spacial score (nSPS) is 29.3. The Morgan fingerprint density at radius 3 is 2.67 bits per heavy atom. The highest BCUT2D eigenvalue weighted by Gasteiger charge is 2.31. The smallest absolute Gasteiger partial charge is 0.212 e. The molecular formula is C10H20ClNO2S. The maximum Gasteiger partial charge on any atom is 0.214 e. The van der Waals surface area contributed by atoms with Gasteiger partial charge in [0.05, 0.1) is 5.75 Å². The molecule has 0 aliphatic carbocycles. The van der Waals surface area contributed by atoms with Gasteiger partial charge in [0.25, 0.3) is 0 Å². The van der Waals surface area contributed by atoms with Gasteiger partial charge in [-0.15, -0.1) is 11.6 Å². The van der Waals surface area contributed by atoms with E-state index in [9.17, 15) is 8.42 Å². The van der Waals surface area contributed by atoms with Crippen LogP contribution in [0.3, 0.4) is 0 Å². The average molecular weight is 254 g/mol. The zero-order chi connectivity index (χ0) is 11.5. The first-order valence-electron chi connectivity index (χ1n) is 5.59. The maximum atomic E-state index is 11.9. The number of unbranched alkanes of at least 4 members (excludes halogenated alkanes) is 1. The van der Waals surface area contributed by atoms with Crippen molar-refractivity contribution in [1.29, 1.82) is 0 Å². The summed E-state index contributed by atoms with van der Waals surface area (Å²) in [4.78, 5) is 0. The fourth-order valence-electron chi connectivity index (χ4n) is 1.70. The van der Waals surface area contributed by atoms with Crippen molar-refractivity contribution in [3.8, 4) is 0 Å². The zero-order valence-electron chi connectivity index (χ0n) is 9.45. The van der Waals surface area contributed by atoms with E-state index in [1.54, 1.807) is 4.31 Å². The van der Waals surface area contributed by atoms with Gasteiger partial charge in [0.2, 0.25) is 10.0 Å². The molecule has 0 saturated carbocycles. The number of piperidine rings is 1. The van der Waals surface area contributed by atoms with E-state index in [1.807, 2.05) is 6.92 Å². The minimum Gasteiger partial charge on any atom is -0.212 e. The number of alkyl halides is 1.